The van der Waals surface area contributed by atoms with Crippen molar-refractivity contribution in [2.45, 2.75) is 99.8 Å². The number of aromatic amines is 1. The maximum Gasteiger partial charge on any atom is 0.116 e. The second-order valence-corrected chi connectivity index (χ2v) is 12.1. The van der Waals surface area contributed by atoms with Crippen LogP contribution in [0.5, 0.6) is 0 Å². The van der Waals surface area contributed by atoms with E-state index >= 15 is 0 Å². The van der Waals surface area contributed by atoms with Crippen molar-refractivity contribution in [1.29, 1.82) is 0 Å². The van der Waals surface area contributed by atoms with Gasteiger partial charge in [-0.25, -0.2) is 0 Å². The number of nitrogens with one attached hydrogen (secondary N) is 1. The molecule has 0 aliphatic carbocycles. The first kappa shape index (κ1) is 31.7. The Kier molecular flexibility index (Phi) is 11.7. The summed E-state index contributed by atoms with van der Waals surface area (Å²) in [4.78, 5) is 6.39. The fourth-order valence-corrected chi connectivity index (χ4v) is 5.73. The third-order valence-corrected chi connectivity index (χ3v) is 8.98. The number of hydrogen-bond acceptors (Lipinski definition) is 2. The van der Waals surface area contributed by atoms with Crippen molar-refractivity contribution in [3.63, 3.8) is 0 Å². The average Bonchev–Trinajstić information content (AvgIpc) is 3.35. The van der Waals surface area contributed by atoms with E-state index in [1.807, 2.05) is 25.3 Å². The number of piperidine rings is 1. The topological polar surface area (TPSA) is 28.3 Å². The molecule has 2 aromatic rings. The van der Waals surface area contributed by atoms with E-state index in [-0.39, 0.29) is 0 Å². The molecule has 1 aliphatic heterocycles. The minimum atomic E-state index is 0.412. The fourth-order valence-electron chi connectivity index (χ4n) is 5.73. The second kappa shape index (κ2) is 14.7. The Bertz CT molecular complexity index is 1270. The molecular formula is C37H54N2O. The summed E-state index contributed by atoms with van der Waals surface area (Å²) < 4.78 is 5.97. The highest BCUT2D eigenvalue weighted by Crippen LogP contribution is 2.38. The van der Waals surface area contributed by atoms with Gasteiger partial charge in [-0.05, 0) is 119 Å². The zero-order valence-electron chi connectivity index (χ0n) is 26.8. The van der Waals surface area contributed by atoms with Gasteiger partial charge in [0.05, 0.1) is 18.5 Å². The van der Waals surface area contributed by atoms with Crippen LogP contribution in [0.25, 0.3) is 16.5 Å². The maximum absolute atomic E-state index is 5.97. The Balaban J connectivity index is 1.91. The summed E-state index contributed by atoms with van der Waals surface area (Å²) in [5, 5.41) is 1.37. The first-order chi connectivity index (χ1) is 19.1. The predicted octanol–water partition coefficient (Wildman–Crippen LogP) is 10.7. The Morgan fingerprint density at radius 2 is 1.82 bits per heavy atom. The molecule has 1 fully saturated rings. The Labute approximate surface area is 244 Å². The number of aromatic nitrogens is 1. The van der Waals surface area contributed by atoms with Crippen LogP contribution in [0.1, 0.15) is 117 Å². The molecule has 3 heteroatoms. The number of rotatable bonds is 12. The normalized spacial score (nSPS) is 17.9. The Morgan fingerprint density at radius 3 is 2.40 bits per heavy atom. The number of fused-ring (bicyclic) bond motifs is 1. The molecule has 1 unspecified atom stereocenters. The quantitative estimate of drug-likeness (QED) is 0.213. The van der Waals surface area contributed by atoms with Crippen molar-refractivity contribution >= 4 is 16.5 Å². The maximum atomic E-state index is 5.97. The molecule has 1 N–H and O–H groups in total. The lowest BCUT2D eigenvalue weighted by atomic mass is 9.87. The van der Waals surface area contributed by atoms with Crippen LogP contribution in [0.2, 0.25) is 0 Å². The van der Waals surface area contributed by atoms with Crippen LogP contribution in [-0.2, 0) is 4.74 Å². The standard InChI is InChI=1S/C37H54N2O/c1-11-21-40-35(28(9)14-4)24-39-19-17-30(18-20-39)31-15-16-34-33(23-31)36(25(5)6)37(38-34)32(27(8)13-3)22-29(10)26(7)12-2/h11,13,15-16,21-23,25-26,30,38H,3,12,14,17-20,24H2,1-2,4-10H3/b21-11-,29-22-,32-27+,35-28?. The number of ether oxygens (including phenoxy) is 1. The summed E-state index contributed by atoms with van der Waals surface area (Å²) in [5.41, 5.74) is 10.6. The molecule has 1 aromatic carbocycles. The van der Waals surface area contributed by atoms with Gasteiger partial charge in [-0.3, -0.25) is 4.90 Å². The molecule has 3 rings (SSSR count). The second-order valence-electron chi connectivity index (χ2n) is 12.1. The van der Waals surface area contributed by atoms with Crippen LogP contribution in [0.15, 0.2) is 71.7 Å². The summed E-state index contributed by atoms with van der Waals surface area (Å²) in [6.07, 6.45) is 12.7. The first-order valence-corrected chi connectivity index (χ1v) is 15.5. The molecule has 1 aliphatic rings. The minimum absolute atomic E-state index is 0.412. The van der Waals surface area contributed by atoms with E-state index in [2.05, 4.69) is 96.1 Å². The monoisotopic (exact) mass is 542 g/mol. The zero-order chi connectivity index (χ0) is 29.4. The molecule has 0 saturated carbocycles. The average molecular weight is 543 g/mol. The van der Waals surface area contributed by atoms with Crippen LogP contribution in [-0.4, -0.2) is 29.5 Å². The number of benzene rings is 1. The van der Waals surface area contributed by atoms with Crippen molar-refractivity contribution < 1.29 is 4.74 Å². The molecule has 40 heavy (non-hydrogen) atoms. The van der Waals surface area contributed by atoms with Crippen molar-refractivity contribution in [2.24, 2.45) is 5.92 Å². The van der Waals surface area contributed by atoms with Gasteiger partial charge >= 0.3 is 0 Å². The summed E-state index contributed by atoms with van der Waals surface area (Å²) in [6, 6.07) is 7.16. The molecule has 1 aromatic heterocycles. The number of nitrogens with zero attached hydrogens (tertiary/aromatic N) is 1. The smallest absolute Gasteiger partial charge is 0.116 e. The summed E-state index contributed by atoms with van der Waals surface area (Å²) in [6.45, 7) is 27.3. The van der Waals surface area contributed by atoms with Crippen molar-refractivity contribution in [3.05, 3.63) is 88.6 Å². The van der Waals surface area contributed by atoms with Gasteiger partial charge in [0.25, 0.3) is 0 Å². The van der Waals surface area contributed by atoms with Gasteiger partial charge in [-0.15, -0.1) is 0 Å². The third-order valence-electron chi connectivity index (χ3n) is 8.98. The van der Waals surface area contributed by atoms with Gasteiger partial charge in [0.1, 0.15) is 5.76 Å². The number of hydrogen-bond donors (Lipinski definition) is 1. The lowest BCUT2D eigenvalue weighted by Crippen LogP contribution is -2.34. The third kappa shape index (κ3) is 7.49. The fraction of sp³-hybridized carbons (Fsp3) is 0.514. The molecule has 1 saturated heterocycles. The molecular weight excluding hydrogens is 488 g/mol. The van der Waals surface area contributed by atoms with Gasteiger partial charge in [-0.2, -0.15) is 0 Å². The molecule has 0 bridgehead atoms. The van der Waals surface area contributed by atoms with E-state index < -0.39 is 0 Å². The van der Waals surface area contributed by atoms with E-state index in [1.165, 1.54) is 62.9 Å². The lowest BCUT2D eigenvalue weighted by molar-refractivity contribution is 0.192. The van der Waals surface area contributed by atoms with E-state index in [0.29, 0.717) is 17.8 Å². The van der Waals surface area contributed by atoms with Gasteiger partial charge in [0.15, 0.2) is 0 Å². The molecule has 2 heterocycles. The van der Waals surface area contributed by atoms with Gasteiger partial charge in [0.2, 0.25) is 0 Å². The summed E-state index contributed by atoms with van der Waals surface area (Å²) in [5.74, 6) is 2.67. The van der Waals surface area contributed by atoms with Crippen LogP contribution in [0.3, 0.4) is 0 Å². The van der Waals surface area contributed by atoms with Crippen LogP contribution in [0.4, 0.5) is 0 Å². The van der Waals surface area contributed by atoms with E-state index in [4.69, 9.17) is 4.74 Å². The SMILES string of the molecule is C=C/C(C)=C(\C=C(\C)C(C)CC)c1[nH]c2ccc(C3CCN(CC(O/C=C\C)=C(C)CC)CC3)cc2c1C(C)C. The molecule has 0 spiro atoms. The first-order valence-electron chi connectivity index (χ1n) is 15.5. The minimum Gasteiger partial charge on any atom is -0.468 e. The number of likely N-dealkylation sites (tertiary alicyclic amines) is 1. The predicted molar refractivity (Wildman–Crippen MR) is 176 cm³/mol. The summed E-state index contributed by atoms with van der Waals surface area (Å²) >= 11 is 0. The van der Waals surface area contributed by atoms with Crippen LogP contribution < -0.4 is 0 Å². The molecule has 218 valence electrons. The highest BCUT2D eigenvalue weighted by atomic mass is 16.5. The largest absolute Gasteiger partial charge is 0.468 e. The summed E-state index contributed by atoms with van der Waals surface area (Å²) in [7, 11) is 0. The van der Waals surface area contributed by atoms with Gasteiger partial charge in [0, 0.05) is 16.5 Å². The number of H-pyrrole nitrogens is 1. The van der Waals surface area contributed by atoms with Crippen molar-refractivity contribution in [2.75, 3.05) is 19.6 Å². The van der Waals surface area contributed by atoms with E-state index in [0.717, 1.165) is 38.2 Å². The zero-order valence-corrected chi connectivity index (χ0v) is 26.8. The molecule has 0 radical (unpaired) electrons. The molecule has 3 nitrogen and oxygen atoms in total. The van der Waals surface area contributed by atoms with E-state index in [9.17, 15) is 0 Å². The van der Waals surface area contributed by atoms with Crippen LogP contribution >= 0.6 is 0 Å². The van der Waals surface area contributed by atoms with Gasteiger partial charge < -0.3 is 9.72 Å². The van der Waals surface area contributed by atoms with Crippen molar-refractivity contribution in [1.82, 2.24) is 9.88 Å². The molecule has 1 atom stereocenters. The van der Waals surface area contributed by atoms with Gasteiger partial charge in [-0.1, -0.05) is 71.1 Å². The lowest BCUT2D eigenvalue weighted by Gasteiger charge is -2.32. The van der Waals surface area contributed by atoms with E-state index in [1.54, 1.807) is 0 Å². The highest BCUT2D eigenvalue weighted by Gasteiger charge is 2.24. The highest BCUT2D eigenvalue weighted by molar-refractivity contribution is 5.93. The molecule has 0 amide bonds. The number of allylic oxidation sites excluding steroid dienone is 7. The van der Waals surface area contributed by atoms with Crippen LogP contribution in [0, 0.1) is 5.92 Å². The Morgan fingerprint density at radius 1 is 1.12 bits per heavy atom. The Hall–Kier alpha value is -2.78. The van der Waals surface area contributed by atoms with Crippen molar-refractivity contribution in [3.8, 4) is 0 Å².